The van der Waals surface area contributed by atoms with Gasteiger partial charge in [0.25, 0.3) is 0 Å². The third-order valence-corrected chi connectivity index (χ3v) is 6.47. The molecule has 3 fully saturated rings. The number of amides is 2. The zero-order chi connectivity index (χ0) is 17.4. The van der Waals surface area contributed by atoms with Crippen LogP contribution in [-0.2, 0) is 9.59 Å². The van der Waals surface area contributed by atoms with Crippen molar-refractivity contribution in [3.63, 3.8) is 0 Å². The van der Waals surface area contributed by atoms with Gasteiger partial charge in [0.05, 0.1) is 5.69 Å². The van der Waals surface area contributed by atoms with Crippen LogP contribution in [0, 0.1) is 5.92 Å². The van der Waals surface area contributed by atoms with Gasteiger partial charge in [-0.25, -0.2) is 0 Å². The molecule has 5 nitrogen and oxygen atoms in total. The highest BCUT2D eigenvalue weighted by molar-refractivity contribution is 9.10. The third kappa shape index (κ3) is 3.22. The van der Waals surface area contributed by atoms with Crippen molar-refractivity contribution in [2.75, 3.05) is 37.6 Å². The Morgan fingerprint density at radius 2 is 1.88 bits per heavy atom. The molecule has 1 aromatic rings. The van der Waals surface area contributed by atoms with Gasteiger partial charge in [0.1, 0.15) is 5.92 Å². The van der Waals surface area contributed by atoms with Crippen LogP contribution in [0.4, 0.5) is 5.69 Å². The van der Waals surface area contributed by atoms with Crippen molar-refractivity contribution in [2.45, 2.75) is 31.7 Å². The Hall–Kier alpha value is -1.40. The fraction of sp³-hybridized carbons (Fsp3) is 0.579. The summed E-state index contributed by atoms with van der Waals surface area (Å²) in [5, 5.41) is 0. The molecular weight excluding hydrogens is 382 g/mol. The number of fused-ring (bicyclic) bond motifs is 1. The molecule has 3 heterocycles. The number of hydrogen-bond acceptors (Lipinski definition) is 3. The zero-order valence-electron chi connectivity index (χ0n) is 14.4. The van der Waals surface area contributed by atoms with E-state index in [4.69, 9.17) is 0 Å². The Kier molecular flexibility index (Phi) is 4.82. The van der Waals surface area contributed by atoms with Gasteiger partial charge in [0, 0.05) is 36.7 Å². The number of carbonyl (C=O) groups excluding carboxylic acids is 2. The summed E-state index contributed by atoms with van der Waals surface area (Å²) >= 11 is 3.51. The van der Waals surface area contributed by atoms with Gasteiger partial charge in [-0.1, -0.05) is 18.6 Å². The molecule has 3 saturated heterocycles. The Morgan fingerprint density at radius 1 is 1.04 bits per heavy atom. The molecule has 25 heavy (non-hydrogen) atoms. The van der Waals surface area contributed by atoms with E-state index in [2.05, 4.69) is 20.8 Å². The molecule has 6 heteroatoms. The molecule has 3 aliphatic heterocycles. The molecule has 0 bridgehead atoms. The lowest BCUT2D eigenvalue weighted by atomic mass is 9.98. The van der Waals surface area contributed by atoms with Crippen LogP contribution >= 0.6 is 15.9 Å². The normalized spacial score (nSPS) is 27.5. The van der Waals surface area contributed by atoms with Crippen LogP contribution in [0.3, 0.4) is 0 Å². The van der Waals surface area contributed by atoms with Crippen LogP contribution in [-0.4, -0.2) is 60.4 Å². The van der Waals surface area contributed by atoms with Crippen molar-refractivity contribution in [2.24, 2.45) is 5.92 Å². The predicted molar refractivity (Wildman–Crippen MR) is 100 cm³/mol. The number of carbonyl (C=O) groups is 2. The highest BCUT2D eigenvalue weighted by atomic mass is 79.9. The number of para-hydroxylation sites is 1. The van der Waals surface area contributed by atoms with Crippen molar-refractivity contribution in [1.29, 1.82) is 0 Å². The first-order valence-electron chi connectivity index (χ1n) is 9.24. The number of halogens is 1. The Morgan fingerprint density at radius 3 is 2.72 bits per heavy atom. The molecule has 0 saturated carbocycles. The summed E-state index contributed by atoms with van der Waals surface area (Å²) in [6.45, 7) is 4.27. The van der Waals surface area contributed by atoms with Crippen molar-refractivity contribution in [3.05, 3.63) is 28.7 Å². The molecule has 1 aromatic carbocycles. The monoisotopic (exact) mass is 405 g/mol. The molecular formula is C19H24BrN3O2. The average Bonchev–Trinajstić information content (AvgIpc) is 3.02. The van der Waals surface area contributed by atoms with Gasteiger partial charge >= 0.3 is 0 Å². The lowest BCUT2D eigenvalue weighted by Crippen LogP contribution is -2.57. The summed E-state index contributed by atoms with van der Waals surface area (Å²) in [5.41, 5.74) is 0.861. The second kappa shape index (κ2) is 7.08. The lowest BCUT2D eigenvalue weighted by Gasteiger charge is -2.44. The molecule has 0 aliphatic carbocycles. The van der Waals surface area contributed by atoms with Crippen molar-refractivity contribution in [3.8, 4) is 0 Å². The van der Waals surface area contributed by atoms with E-state index in [0.29, 0.717) is 19.0 Å². The highest BCUT2D eigenvalue weighted by Gasteiger charge is 2.42. The van der Waals surface area contributed by atoms with E-state index in [-0.39, 0.29) is 11.8 Å². The maximum atomic E-state index is 13.0. The molecule has 2 amide bonds. The molecule has 134 valence electrons. The molecule has 0 radical (unpaired) electrons. The van der Waals surface area contributed by atoms with E-state index in [1.54, 1.807) is 4.90 Å². The van der Waals surface area contributed by atoms with Crippen molar-refractivity contribution >= 4 is 33.4 Å². The van der Waals surface area contributed by atoms with Gasteiger partial charge in [-0.3, -0.25) is 14.5 Å². The summed E-state index contributed by atoms with van der Waals surface area (Å²) in [4.78, 5) is 32.1. The van der Waals surface area contributed by atoms with Gasteiger partial charge in [-0.15, -0.1) is 0 Å². The smallest absolute Gasteiger partial charge is 0.239 e. The van der Waals surface area contributed by atoms with Crippen molar-refractivity contribution in [1.82, 2.24) is 9.80 Å². The largest absolute Gasteiger partial charge is 0.339 e. The van der Waals surface area contributed by atoms with Crippen LogP contribution in [0.5, 0.6) is 0 Å². The topological polar surface area (TPSA) is 43.9 Å². The van der Waals surface area contributed by atoms with Crippen molar-refractivity contribution < 1.29 is 9.59 Å². The second-order valence-electron chi connectivity index (χ2n) is 7.25. The molecule has 0 spiro atoms. The Bertz CT molecular complexity index is 680. The Labute approximate surface area is 157 Å². The van der Waals surface area contributed by atoms with Gasteiger partial charge in [0.15, 0.2) is 0 Å². The zero-order valence-corrected chi connectivity index (χ0v) is 16.0. The Balaban J connectivity index is 1.45. The van der Waals surface area contributed by atoms with E-state index < -0.39 is 5.92 Å². The molecule has 0 aromatic heterocycles. The highest BCUT2D eigenvalue weighted by Crippen LogP contribution is 2.32. The van der Waals surface area contributed by atoms with E-state index in [1.165, 1.54) is 19.3 Å². The summed E-state index contributed by atoms with van der Waals surface area (Å²) in [5.74, 6) is -0.532. The minimum Gasteiger partial charge on any atom is -0.339 e. The maximum absolute atomic E-state index is 13.0. The molecule has 4 rings (SSSR count). The van der Waals surface area contributed by atoms with Gasteiger partial charge in [-0.2, -0.15) is 0 Å². The number of rotatable bonds is 2. The SMILES string of the molecule is O=C([C@@H]1CCN(c2ccccc2Br)C1=O)N1CCN2CCCC[C@@H]2C1. The first kappa shape index (κ1) is 17.0. The van der Waals surface area contributed by atoms with Crippen LogP contribution in [0.15, 0.2) is 28.7 Å². The fourth-order valence-electron chi connectivity index (χ4n) is 4.40. The van der Waals surface area contributed by atoms with E-state index >= 15 is 0 Å². The van der Waals surface area contributed by atoms with E-state index in [0.717, 1.165) is 36.3 Å². The van der Waals surface area contributed by atoms with Crippen LogP contribution < -0.4 is 4.90 Å². The number of nitrogens with zero attached hydrogens (tertiary/aromatic N) is 3. The van der Waals surface area contributed by atoms with Crippen LogP contribution in [0.25, 0.3) is 0 Å². The summed E-state index contributed by atoms with van der Waals surface area (Å²) in [6.07, 6.45) is 4.31. The summed E-state index contributed by atoms with van der Waals surface area (Å²) in [7, 11) is 0. The number of hydrogen-bond donors (Lipinski definition) is 0. The van der Waals surface area contributed by atoms with E-state index in [9.17, 15) is 9.59 Å². The number of piperazine rings is 1. The van der Waals surface area contributed by atoms with E-state index in [1.807, 2.05) is 29.2 Å². The quantitative estimate of drug-likeness (QED) is 0.709. The lowest BCUT2D eigenvalue weighted by molar-refractivity contribution is -0.142. The molecule has 2 atom stereocenters. The number of anilines is 1. The fourth-order valence-corrected chi connectivity index (χ4v) is 4.89. The predicted octanol–water partition coefficient (Wildman–Crippen LogP) is 2.50. The minimum absolute atomic E-state index is 0.0322. The minimum atomic E-state index is -0.512. The maximum Gasteiger partial charge on any atom is 0.239 e. The van der Waals surface area contributed by atoms with Gasteiger partial charge in [-0.05, 0) is 53.9 Å². The number of benzene rings is 1. The first-order valence-corrected chi connectivity index (χ1v) is 10.0. The molecule has 0 N–H and O–H groups in total. The second-order valence-corrected chi connectivity index (χ2v) is 8.11. The molecule has 0 unspecified atom stereocenters. The average molecular weight is 406 g/mol. The van der Waals surface area contributed by atoms with Gasteiger partial charge in [0.2, 0.25) is 11.8 Å². The summed E-state index contributed by atoms with van der Waals surface area (Å²) in [6, 6.07) is 8.20. The molecule has 3 aliphatic rings. The van der Waals surface area contributed by atoms with Crippen LogP contribution in [0.1, 0.15) is 25.7 Å². The number of piperidine rings is 1. The third-order valence-electron chi connectivity index (χ3n) is 5.80. The van der Waals surface area contributed by atoms with Gasteiger partial charge < -0.3 is 9.80 Å². The first-order chi connectivity index (χ1) is 12.1. The standard InChI is InChI=1S/C19H24BrN3O2/c20-16-6-1-2-7-17(16)23-10-8-15(19(23)25)18(24)22-12-11-21-9-4-3-5-14(21)13-22/h1-2,6-7,14-15H,3-5,8-13H2/t14-,15+/m1/s1. The van der Waals surface area contributed by atoms with Crippen LogP contribution in [0.2, 0.25) is 0 Å². The summed E-state index contributed by atoms with van der Waals surface area (Å²) < 4.78 is 0.896.